The molecule has 1 saturated heterocycles. The largest absolute Gasteiger partial charge is 0.383 e. The average molecular weight is 447 g/mol. The van der Waals surface area contributed by atoms with Gasteiger partial charge in [-0.2, -0.15) is 0 Å². The van der Waals surface area contributed by atoms with Gasteiger partial charge in [-0.25, -0.2) is 9.97 Å². The van der Waals surface area contributed by atoms with Crippen molar-refractivity contribution in [2.45, 2.75) is 13.5 Å². The van der Waals surface area contributed by atoms with Crippen LogP contribution in [0.2, 0.25) is 0 Å². The number of nitrogens with zero attached hydrogens (tertiary/aromatic N) is 6. The number of methoxy groups -OCH3 is 1. The Bertz CT molecular complexity index is 1380. The van der Waals surface area contributed by atoms with E-state index in [0.717, 1.165) is 17.0 Å². The molecule has 4 heterocycles. The lowest BCUT2D eigenvalue weighted by atomic mass is 10.2. The van der Waals surface area contributed by atoms with E-state index in [1.807, 2.05) is 58.8 Å². The van der Waals surface area contributed by atoms with Crippen molar-refractivity contribution in [2.75, 3.05) is 44.8 Å². The number of ether oxygens (including phenoxy) is 1. The van der Waals surface area contributed by atoms with E-state index in [1.54, 1.807) is 18.0 Å². The number of carbonyl (C=O) groups is 1. The zero-order chi connectivity index (χ0) is 22.9. The van der Waals surface area contributed by atoms with Gasteiger partial charge in [-0.1, -0.05) is 6.07 Å². The third-order valence-electron chi connectivity index (χ3n) is 6.18. The number of hydrogen-bond acceptors (Lipinski definition) is 6. The summed E-state index contributed by atoms with van der Waals surface area (Å²) >= 11 is 0. The first-order valence-electron chi connectivity index (χ1n) is 11.0. The maximum atomic E-state index is 13.2. The van der Waals surface area contributed by atoms with Crippen LogP contribution in [0.3, 0.4) is 0 Å². The Morgan fingerprint density at radius 3 is 2.73 bits per heavy atom. The van der Waals surface area contributed by atoms with E-state index in [1.165, 1.54) is 0 Å². The monoisotopic (exact) mass is 446 g/mol. The summed E-state index contributed by atoms with van der Waals surface area (Å²) in [6.45, 7) is 5.45. The molecule has 4 aromatic rings. The molecule has 9 heteroatoms. The van der Waals surface area contributed by atoms with Crippen LogP contribution < -0.4 is 10.5 Å². The normalized spacial score (nSPS) is 14.4. The molecule has 1 fully saturated rings. The predicted octanol–water partition coefficient (Wildman–Crippen LogP) is 1.96. The highest BCUT2D eigenvalue weighted by Crippen LogP contribution is 2.22. The highest BCUT2D eigenvalue weighted by Gasteiger charge is 2.26. The molecular formula is C24H26N6O3. The van der Waals surface area contributed by atoms with Crippen LogP contribution >= 0.6 is 0 Å². The highest BCUT2D eigenvalue weighted by molar-refractivity contribution is 5.95. The van der Waals surface area contributed by atoms with Crippen LogP contribution in [-0.2, 0) is 11.3 Å². The van der Waals surface area contributed by atoms with Crippen molar-refractivity contribution >= 4 is 28.1 Å². The quantitative estimate of drug-likeness (QED) is 0.466. The number of aromatic nitrogens is 4. The minimum atomic E-state index is -0.0672. The molecule has 9 nitrogen and oxygen atoms in total. The van der Waals surface area contributed by atoms with Gasteiger partial charge in [-0.05, 0) is 37.3 Å². The van der Waals surface area contributed by atoms with E-state index in [2.05, 4.69) is 14.9 Å². The Hall–Kier alpha value is -3.72. The molecule has 1 aromatic carbocycles. The van der Waals surface area contributed by atoms with Gasteiger partial charge in [-0.15, -0.1) is 0 Å². The summed E-state index contributed by atoms with van der Waals surface area (Å²) in [5.74, 6) is 0.00244. The van der Waals surface area contributed by atoms with Gasteiger partial charge in [0.05, 0.1) is 36.1 Å². The molecular weight excluding hydrogens is 420 g/mol. The van der Waals surface area contributed by atoms with Crippen molar-refractivity contribution in [1.29, 1.82) is 0 Å². The molecule has 0 aliphatic carbocycles. The van der Waals surface area contributed by atoms with E-state index in [0.29, 0.717) is 55.9 Å². The fraction of sp³-hybridized carbons (Fsp3) is 0.333. The van der Waals surface area contributed by atoms with Crippen molar-refractivity contribution in [2.24, 2.45) is 0 Å². The summed E-state index contributed by atoms with van der Waals surface area (Å²) in [5.41, 5.74) is 3.75. The van der Waals surface area contributed by atoms with Crippen molar-refractivity contribution in [3.8, 4) is 0 Å². The summed E-state index contributed by atoms with van der Waals surface area (Å²) < 4.78 is 8.49. The fourth-order valence-corrected chi connectivity index (χ4v) is 4.38. The van der Waals surface area contributed by atoms with Gasteiger partial charge in [0.25, 0.3) is 11.5 Å². The van der Waals surface area contributed by atoms with Gasteiger partial charge in [0, 0.05) is 45.2 Å². The first-order chi connectivity index (χ1) is 16.1. The number of pyridine rings is 1. The lowest BCUT2D eigenvalue weighted by Gasteiger charge is -2.36. The van der Waals surface area contributed by atoms with Crippen LogP contribution in [0.5, 0.6) is 0 Å². The molecule has 0 radical (unpaired) electrons. The van der Waals surface area contributed by atoms with Gasteiger partial charge >= 0.3 is 0 Å². The molecule has 1 amide bonds. The number of rotatable bonds is 5. The van der Waals surface area contributed by atoms with E-state index in [9.17, 15) is 9.59 Å². The zero-order valence-electron chi connectivity index (χ0n) is 18.8. The second kappa shape index (κ2) is 8.67. The Kier molecular flexibility index (Phi) is 5.55. The highest BCUT2D eigenvalue weighted by atomic mass is 16.5. The van der Waals surface area contributed by atoms with Crippen LogP contribution in [0.1, 0.15) is 16.2 Å². The van der Waals surface area contributed by atoms with Crippen molar-refractivity contribution in [1.82, 2.24) is 23.8 Å². The molecule has 3 aromatic heterocycles. The topological polar surface area (TPSA) is 85.0 Å². The molecule has 0 spiro atoms. The molecule has 170 valence electrons. The fourth-order valence-electron chi connectivity index (χ4n) is 4.38. The third-order valence-corrected chi connectivity index (χ3v) is 6.18. The van der Waals surface area contributed by atoms with Gasteiger partial charge < -0.3 is 14.5 Å². The maximum absolute atomic E-state index is 13.2. The minimum absolute atomic E-state index is 0.00244. The number of fused-ring (bicyclic) bond motifs is 2. The van der Waals surface area contributed by atoms with Gasteiger partial charge in [0.2, 0.25) is 0 Å². The number of aryl methyl sites for hydroxylation is 1. The Morgan fingerprint density at radius 1 is 1.12 bits per heavy atom. The second-order valence-electron chi connectivity index (χ2n) is 8.19. The first kappa shape index (κ1) is 21.1. The van der Waals surface area contributed by atoms with Gasteiger partial charge in [-0.3, -0.25) is 18.6 Å². The molecule has 1 aliphatic heterocycles. The molecule has 0 N–H and O–H groups in total. The summed E-state index contributed by atoms with van der Waals surface area (Å²) in [7, 11) is 1.61. The van der Waals surface area contributed by atoms with Crippen LogP contribution in [0.15, 0.2) is 53.7 Å². The SMILES string of the molecule is COCCn1cnc2cc(N3CCN(C(=O)c4c(C)nc5ccccn45)CC3)ccc2c1=O. The first-order valence-corrected chi connectivity index (χ1v) is 11.0. The number of anilines is 1. The lowest BCUT2D eigenvalue weighted by molar-refractivity contribution is 0.0739. The summed E-state index contributed by atoms with van der Waals surface area (Å²) in [6.07, 6.45) is 3.45. The van der Waals surface area contributed by atoms with E-state index in [-0.39, 0.29) is 11.5 Å². The molecule has 1 aliphatic rings. The maximum Gasteiger partial charge on any atom is 0.272 e. The van der Waals surface area contributed by atoms with Crippen molar-refractivity contribution in [3.05, 3.63) is 70.7 Å². The third kappa shape index (κ3) is 3.84. The van der Waals surface area contributed by atoms with Crippen LogP contribution in [0, 0.1) is 6.92 Å². The molecule has 0 atom stereocenters. The number of benzene rings is 1. The number of hydrogen-bond donors (Lipinski definition) is 0. The predicted molar refractivity (Wildman–Crippen MR) is 126 cm³/mol. The van der Waals surface area contributed by atoms with Gasteiger partial charge in [0.15, 0.2) is 0 Å². The number of imidazole rings is 1. The molecule has 5 rings (SSSR count). The van der Waals surface area contributed by atoms with Crippen molar-refractivity contribution < 1.29 is 9.53 Å². The number of carbonyl (C=O) groups excluding carboxylic acids is 1. The number of amides is 1. The van der Waals surface area contributed by atoms with E-state index in [4.69, 9.17) is 4.74 Å². The minimum Gasteiger partial charge on any atom is -0.383 e. The standard InChI is InChI=1S/C24H26N6O3/c1-17-22(30-8-4-3-5-21(30)26-17)24(32)28-11-9-27(10-12-28)18-6-7-19-20(15-18)25-16-29(23(19)31)13-14-33-2/h3-8,15-16H,9-14H2,1-2H3. The smallest absolute Gasteiger partial charge is 0.272 e. The van der Waals surface area contributed by atoms with Crippen LogP contribution in [-0.4, -0.2) is 69.6 Å². The molecule has 0 bridgehead atoms. The zero-order valence-corrected chi connectivity index (χ0v) is 18.8. The van der Waals surface area contributed by atoms with Crippen molar-refractivity contribution in [3.63, 3.8) is 0 Å². The summed E-state index contributed by atoms with van der Waals surface area (Å²) in [5, 5.41) is 0.592. The van der Waals surface area contributed by atoms with Gasteiger partial charge in [0.1, 0.15) is 11.3 Å². The Morgan fingerprint density at radius 2 is 1.94 bits per heavy atom. The van der Waals surface area contributed by atoms with Crippen LogP contribution in [0.4, 0.5) is 5.69 Å². The Balaban J connectivity index is 1.32. The Labute approximate surface area is 190 Å². The molecule has 33 heavy (non-hydrogen) atoms. The second-order valence-corrected chi connectivity index (χ2v) is 8.19. The summed E-state index contributed by atoms with van der Waals surface area (Å²) in [6, 6.07) is 11.5. The summed E-state index contributed by atoms with van der Waals surface area (Å²) in [4.78, 5) is 39.0. The lowest BCUT2D eigenvalue weighted by Crippen LogP contribution is -2.49. The molecule has 0 unspecified atom stereocenters. The van der Waals surface area contributed by atoms with E-state index >= 15 is 0 Å². The number of piperazine rings is 1. The van der Waals surface area contributed by atoms with E-state index < -0.39 is 0 Å². The average Bonchev–Trinajstić information content (AvgIpc) is 3.18. The van der Waals surface area contributed by atoms with Crippen LogP contribution in [0.25, 0.3) is 16.6 Å². The molecule has 0 saturated carbocycles.